The summed E-state index contributed by atoms with van der Waals surface area (Å²) in [6.07, 6.45) is 4.79. The molecule has 0 heterocycles. The molecule has 1 aromatic carbocycles. The minimum Gasteiger partial charge on any atom is -0.508 e. The van der Waals surface area contributed by atoms with Crippen LogP contribution < -0.4 is 5.32 Å². The van der Waals surface area contributed by atoms with Crippen LogP contribution in [0.15, 0.2) is 18.2 Å². The van der Waals surface area contributed by atoms with Gasteiger partial charge in [0.15, 0.2) is 0 Å². The predicted molar refractivity (Wildman–Crippen MR) is 79.9 cm³/mol. The minimum absolute atomic E-state index is 0.0470. The average molecular weight is 326 g/mol. The number of phenolic OH excluding ortho intramolecular Hbond substituents is 1. The van der Waals surface area contributed by atoms with Crippen LogP contribution >= 0.6 is 15.9 Å². The number of nitrogens with one attached hydrogen (secondary N) is 1. The molecule has 0 aliphatic heterocycles. The molecule has 1 aromatic rings. The third-order valence-corrected chi connectivity index (χ3v) is 4.56. The molecule has 1 saturated carbocycles. The zero-order chi connectivity index (χ0) is 13.8. The lowest BCUT2D eigenvalue weighted by molar-refractivity contribution is 0.0943. The van der Waals surface area contributed by atoms with Crippen LogP contribution in [-0.4, -0.2) is 22.4 Å². The third kappa shape index (κ3) is 3.96. The van der Waals surface area contributed by atoms with Crippen LogP contribution in [0.25, 0.3) is 0 Å². The Bertz CT molecular complexity index is 461. The van der Waals surface area contributed by atoms with Crippen molar-refractivity contribution in [1.29, 1.82) is 0 Å². The van der Waals surface area contributed by atoms with Gasteiger partial charge < -0.3 is 10.4 Å². The van der Waals surface area contributed by atoms with E-state index in [1.807, 2.05) is 6.92 Å². The van der Waals surface area contributed by atoms with Crippen molar-refractivity contribution >= 4 is 21.8 Å². The molecule has 1 aliphatic rings. The maximum absolute atomic E-state index is 12.1. The quantitative estimate of drug-likeness (QED) is 0.837. The molecule has 0 aromatic heterocycles. The fraction of sp³-hybridized carbons (Fsp3) is 0.533. The highest BCUT2D eigenvalue weighted by Gasteiger charge is 2.20. The summed E-state index contributed by atoms with van der Waals surface area (Å²) in [5, 5.41) is 12.4. The van der Waals surface area contributed by atoms with Crippen LogP contribution in [0.4, 0.5) is 0 Å². The second-order valence-electron chi connectivity index (χ2n) is 5.34. The summed E-state index contributed by atoms with van der Waals surface area (Å²) >= 11 is 3.66. The molecule has 19 heavy (non-hydrogen) atoms. The van der Waals surface area contributed by atoms with Crippen molar-refractivity contribution in [3.05, 3.63) is 29.3 Å². The maximum Gasteiger partial charge on any atom is 0.251 e. The number of rotatable bonds is 3. The summed E-state index contributed by atoms with van der Waals surface area (Å²) in [6, 6.07) is 4.84. The van der Waals surface area contributed by atoms with Gasteiger partial charge >= 0.3 is 0 Å². The fourth-order valence-electron chi connectivity index (χ4n) is 2.65. The Labute approximate surface area is 122 Å². The first-order valence-electron chi connectivity index (χ1n) is 6.78. The lowest BCUT2D eigenvalue weighted by Gasteiger charge is -2.25. The Morgan fingerprint density at radius 3 is 2.95 bits per heavy atom. The van der Waals surface area contributed by atoms with Gasteiger partial charge in [-0.25, -0.2) is 0 Å². The second kappa shape index (κ2) is 6.42. The Morgan fingerprint density at radius 2 is 2.26 bits per heavy atom. The van der Waals surface area contributed by atoms with Gasteiger partial charge in [0, 0.05) is 16.9 Å². The second-order valence-corrected chi connectivity index (χ2v) is 6.63. The van der Waals surface area contributed by atoms with Gasteiger partial charge in [-0.3, -0.25) is 4.79 Å². The van der Waals surface area contributed by atoms with Gasteiger partial charge in [-0.1, -0.05) is 22.4 Å². The highest BCUT2D eigenvalue weighted by atomic mass is 79.9. The number of amides is 1. The van der Waals surface area contributed by atoms with Crippen molar-refractivity contribution in [1.82, 2.24) is 5.32 Å². The molecule has 1 fully saturated rings. The van der Waals surface area contributed by atoms with E-state index in [4.69, 9.17) is 0 Å². The summed E-state index contributed by atoms with van der Waals surface area (Å²) < 4.78 is 0. The fourth-order valence-corrected chi connectivity index (χ4v) is 3.50. The standard InChI is InChI=1S/C15H20BrNO2/c1-10-7-13(18)5-6-14(10)15(19)17-9-11-3-2-4-12(16)8-11/h5-7,11-12,18H,2-4,8-9H2,1H3,(H,17,19). The Balaban J connectivity index is 1.90. The first kappa shape index (κ1) is 14.4. The van der Waals surface area contributed by atoms with Gasteiger partial charge in [0.2, 0.25) is 0 Å². The van der Waals surface area contributed by atoms with Crippen molar-refractivity contribution in [2.24, 2.45) is 5.92 Å². The number of aryl methyl sites for hydroxylation is 1. The van der Waals surface area contributed by atoms with E-state index in [1.54, 1.807) is 18.2 Å². The highest BCUT2D eigenvalue weighted by Crippen LogP contribution is 2.28. The monoisotopic (exact) mass is 325 g/mol. The SMILES string of the molecule is Cc1cc(O)ccc1C(=O)NCC1CCCC(Br)C1. The van der Waals surface area contributed by atoms with Crippen LogP contribution in [0, 0.1) is 12.8 Å². The van der Waals surface area contributed by atoms with Crippen LogP contribution in [0.3, 0.4) is 0 Å². The largest absolute Gasteiger partial charge is 0.508 e. The van der Waals surface area contributed by atoms with Gasteiger partial charge in [-0.15, -0.1) is 0 Å². The zero-order valence-electron chi connectivity index (χ0n) is 11.2. The molecule has 2 rings (SSSR count). The van der Waals surface area contributed by atoms with Crippen molar-refractivity contribution in [3.8, 4) is 5.75 Å². The van der Waals surface area contributed by atoms with Gasteiger partial charge in [0.05, 0.1) is 0 Å². The maximum atomic E-state index is 12.1. The zero-order valence-corrected chi connectivity index (χ0v) is 12.7. The van der Waals surface area contributed by atoms with E-state index >= 15 is 0 Å². The summed E-state index contributed by atoms with van der Waals surface area (Å²) in [5.74, 6) is 0.720. The van der Waals surface area contributed by atoms with Crippen molar-refractivity contribution in [2.75, 3.05) is 6.54 Å². The number of halogens is 1. The van der Waals surface area contributed by atoms with Gasteiger partial charge in [-0.05, 0) is 55.9 Å². The summed E-state index contributed by atoms with van der Waals surface area (Å²) in [7, 11) is 0. The molecule has 0 radical (unpaired) electrons. The number of hydrogen-bond acceptors (Lipinski definition) is 2. The van der Waals surface area contributed by atoms with Crippen LogP contribution in [0.5, 0.6) is 5.75 Å². The summed E-state index contributed by atoms with van der Waals surface area (Å²) in [6.45, 7) is 2.57. The Hall–Kier alpha value is -1.03. The molecule has 2 N–H and O–H groups in total. The number of carbonyl (C=O) groups excluding carboxylic acids is 1. The van der Waals surface area contributed by atoms with Crippen LogP contribution in [0.2, 0.25) is 0 Å². The van der Waals surface area contributed by atoms with Gasteiger partial charge in [0.1, 0.15) is 5.75 Å². The van der Waals surface area contributed by atoms with Crippen molar-refractivity contribution in [3.63, 3.8) is 0 Å². The predicted octanol–water partition coefficient (Wildman–Crippen LogP) is 3.38. The van der Waals surface area contributed by atoms with Crippen LogP contribution in [0.1, 0.15) is 41.6 Å². The Morgan fingerprint density at radius 1 is 1.47 bits per heavy atom. The van der Waals surface area contributed by atoms with E-state index in [1.165, 1.54) is 19.3 Å². The molecule has 0 saturated heterocycles. The molecule has 2 unspecified atom stereocenters. The molecule has 1 aliphatic carbocycles. The molecular formula is C15H20BrNO2. The number of benzene rings is 1. The van der Waals surface area contributed by atoms with E-state index in [-0.39, 0.29) is 11.7 Å². The van der Waals surface area contributed by atoms with Crippen LogP contribution in [-0.2, 0) is 0 Å². The van der Waals surface area contributed by atoms with E-state index in [0.717, 1.165) is 18.5 Å². The lowest BCUT2D eigenvalue weighted by Crippen LogP contribution is -2.32. The smallest absolute Gasteiger partial charge is 0.251 e. The molecule has 1 amide bonds. The molecule has 0 spiro atoms. The normalized spacial score (nSPS) is 23.1. The molecule has 3 nitrogen and oxygen atoms in total. The molecule has 0 bridgehead atoms. The number of aromatic hydroxyl groups is 1. The highest BCUT2D eigenvalue weighted by molar-refractivity contribution is 9.09. The number of phenols is 1. The summed E-state index contributed by atoms with van der Waals surface area (Å²) in [5.41, 5.74) is 1.45. The minimum atomic E-state index is -0.0470. The summed E-state index contributed by atoms with van der Waals surface area (Å²) in [4.78, 5) is 12.7. The van der Waals surface area contributed by atoms with E-state index in [9.17, 15) is 9.90 Å². The Kier molecular flexibility index (Phi) is 4.86. The molecular weight excluding hydrogens is 306 g/mol. The molecule has 2 atom stereocenters. The third-order valence-electron chi connectivity index (χ3n) is 3.72. The first-order chi connectivity index (χ1) is 9.06. The average Bonchev–Trinajstić information content (AvgIpc) is 2.36. The number of alkyl halides is 1. The molecule has 4 heteroatoms. The van der Waals surface area contributed by atoms with Crippen molar-refractivity contribution < 1.29 is 9.90 Å². The molecule has 104 valence electrons. The topological polar surface area (TPSA) is 49.3 Å². The first-order valence-corrected chi connectivity index (χ1v) is 7.69. The van der Waals surface area contributed by atoms with E-state index in [0.29, 0.717) is 16.3 Å². The van der Waals surface area contributed by atoms with Crippen molar-refractivity contribution in [2.45, 2.75) is 37.4 Å². The van der Waals surface area contributed by atoms with E-state index < -0.39 is 0 Å². The van der Waals surface area contributed by atoms with Gasteiger partial charge in [-0.2, -0.15) is 0 Å². The lowest BCUT2D eigenvalue weighted by atomic mass is 9.89. The van der Waals surface area contributed by atoms with Gasteiger partial charge in [0.25, 0.3) is 5.91 Å². The number of carbonyl (C=O) groups is 1. The number of hydrogen-bond donors (Lipinski definition) is 2. The van der Waals surface area contributed by atoms with E-state index in [2.05, 4.69) is 21.2 Å².